The Bertz CT molecular complexity index is 1080. The van der Waals surface area contributed by atoms with E-state index in [9.17, 15) is 8.42 Å². The van der Waals surface area contributed by atoms with Crippen LogP contribution in [0, 0.1) is 13.8 Å². The molecule has 1 saturated heterocycles. The molecule has 3 aromatic heterocycles. The van der Waals surface area contributed by atoms with Gasteiger partial charge in [-0.15, -0.1) is 0 Å². The average molecular weight is 414 g/mol. The second kappa shape index (κ2) is 7.88. The van der Waals surface area contributed by atoms with Gasteiger partial charge in [0.25, 0.3) is 0 Å². The van der Waals surface area contributed by atoms with Crippen LogP contribution in [-0.2, 0) is 15.8 Å². The van der Waals surface area contributed by atoms with Crippen molar-refractivity contribution in [3.8, 4) is 11.5 Å². The molecule has 0 aliphatic carbocycles. The Morgan fingerprint density at radius 3 is 2.52 bits per heavy atom. The molecule has 4 rings (SSSR count). The van der Waals surface area contributed by atoms with Gasteiger partial charge in [0.2, 0.25) is 10.0 Å². The molecule has 152 valence electrons. The Morgan fingerprint density at radius 1 is 1.07 bits per heavy atom. The average Bonchev–Trinajstić information content (AvgIpc) is 3.23. The van der Waals surface area contributed by atoms with E-state index in [4.69, 9.17) is 9.51 Å². The van der Waals surface area contributed by atoms with Crippen LogP contribution in [0.1, 0.15) is 17.0 Å². The predicted octanol–water partition coefficient (Wildman–Crippen LogP) is 1.80. The van der Waals surface area contributed by atoms with Gasteiger partial charge in [-0.25, -0.2) is 18.4 Å². The number of aryl methyl sites for hydroxylation is 1. The Hall–Kier alpha value is -2.85. The molecular weight excluding hydrogens is 392 g/mol. The van der Waals surface area contributed by atoms with Gasteiger partial charge < -0.3 is 9.42 Å². The van der Waals surface area contributed by atoms with Gasteiger partial charge in [0.1, 0.15) is 23.5 Å². The number of nitrogens with zero attached hydrogens (tertiary/aromatic N) is 6. The number of hydrogen-bond donors (Lipinski definition) is 0. The zero-order valence-corrected chi connectivity index (χ0v) is 17.1. The number of sulfonamides is 1. The van der Waals surface area contributed by atoms with Crippen LogP contribution in [-0.4, -0.2) is 59.0 Å². The zero-order valence-electron chi connectivity index (χ0n) is 16.3. The van der Waals surface area contributed by atoms with Crippen LogP contribution in [0.2, 0.25) is 0 Å². The summed E-state index contributed by atoms with van der Waals surface area (Å²) < 4.78 is 31.5. The molecule has 0 unspecified atom stereocenters. The summed E-state index contributed by atoms with van der Waals surface area (Å²) in [5.74, 6) is 1.25. The molecule has 4 heterocycles. The van der Waals surface area contributed by atoms with Crippen LogP contribution in [0.25, 0.3) is 11.5 Å². The van der Waals surface area contributed by atoms with Gasteiger partial charge in [-0.1, -0.05) is 11.2 Å². The van der Waals surface area contributed by atoms with Gasteiger partial charge in [0.15, 0.2) is 5.82 Å². The SMILES string of the molecule is Cc1nc(-c2ccccn2)nc(N2CCN(S(=O)(=O)Cc3ccon3)CC2)c1C. The van der Waals surface area contributed by atoms with E-state index in [2.05, 4.69) is 20.0 Å². The molecule has 0 bridgehead atoms. The topological polar surface area (TPSA) is 105 Å². The smallest absolute Gasteiger partial charge is 0.220 e. The molecule has 0 radical (unpaired) electrons. The van der Waals surface area contributed by atoms with Gasteiger partial charge in [-0.2, -0.15) is 4.31 Å². The van der Waals surface area contributed by atoms with Crippen molar-refractivity contribution < 1.29 is 12.9 Å². The van der Waals surface area contributed by atoms with Gasteiger partial charge in [-0.05, 0) is 26.0 Å². The number of aromatic nitrogens is 4. The van der Waals surface area contributed by atoms with E-state index in [-0.39, 0.29) is 5.75 Å². The fourth-order valence-corrected chi connectivity index (χ4v) is 4.72. The highest BCUT2D eigenvalue weighted by atomic mass is 32.2. The monoisotopic (exact) mass is 414 g/mol. The molecule has 0 saturated carbocycles. The lowest BCUT2D eigenvalue weighted by molar-refractivity contribution is 0.380. The van der Waals surface area contributed by atoms with Gasteiger partial charge in [-0.3, -0.25) is 4.98 Å². The molecule has 0 amide bonds. The van der Waals surface area contributed by atoms with Crippen LogP contribution < -0.4 is 4.90 Å². The first-order valence-corrected chi connectivity index (χ1v) is 10.9. The Morgan fingerprint density at radius 2 is 1.86 bits per heavy atom. The summed E-state index contributed by atoms with van der Waals surface area (Å²) in [7, 11) is -3.44. The standard InChI is InChI=1S/C19H22N6O3S/c1-14-15(2)21-18(17-5-3-4-7-20-17)22-19(14)24-8-10-25(11-9-24)29(26,27)13-16-6-12-28-23-16/h3-7,12H,8-11,13H2,1-2H3. The molecule has 1 aliphatic rings. The van der Waals surface area contributed by atoms with Crippen molar-refractivity contribution in [2.75, 3.05) is 31.1 Å². The van der Waals surface area contributed by atoms with E-state index in [1.807, 2.05) is 32.0 Å². The molecule has 10 heteroatoms. The fraction of sp³-hybridized carbons (Fsp3) is 0.368. The summed E-state index contributed by atoms with van der Waals surface area (Å²) in [4.78, 5) is 15.8. The Labute approximate surface area is 169 Å². The molecule has 0 atom stereocenters. The Kier molecular flexibility index (Phi) is 5.29. The highest BCUT2D eigenvalue weighted by Gasteiger charge is 2.29. The number of rotatable bonds is 5. The third kappa shape index (κ3) is 4.13. The van der Waals surface area contributed by atoms with Crippen molar-refractivity contribution in [1.29, 1.82) is 0 Å². The normalized spacial score (nSPS) is 15.6. The molecule has 0 aromatic carbocycles. The minimum Gasteiger partial charge on any atom is -0.364 e. The Balaban J connectivity index is 1.52. The first-order chi connectivity index (χ1) is 13.9. The van der Waals surface area contributed by atoms with Crippen molar-refractivity contribution in [2.45, 2.75) is 19.6 Å². The maximum absolute atomic E-state index is 12.6. The lowest BCUT2D eigenvalue weighted by Crippen LogP contribution is -2.49. The van der Waals surface area contributed by atoms with E-state index in [0.717, 1.165) is 17.1 Å². The molecule has 3 aromatic rings. The molecule has 1 aliphatic heterocycles. The molecule has 0 N–H and O–H groups in total. The number of piperazine rings is 1. The minimum absolute atomic E-state index is 0.154. The maximum Gasteiger partial charge on any atom is 0.220 e. The molecular formula is C19H22N6O3S. The van der Waals surface area contributed by atoms with Gasteiger partial charge in [0.05, 0.1) is 5.69 Å². The second-order valence-electron chi connectivity index (χ2n) is 6.93. The third-order valence-electron chi connectivity index (χ3n) is 5.01. The number of anilines is 1. The van der Waals surface area contributed by atoms with Crippen molar-refractivity contribution in [2.24, 2.45) is 0 Å². The number of hydrogen-bond acceptors (Lipinski definition) is 8. The van der Waals surface area contributed by atoms with E-state index in [1.54, 1.807) is 12.3 Å². The second-order valence-corrected chi connectivity index (χ2v) is 8.90. The summed E-state index contributed by atoms with van der Waals surface area (Å²) >= 11 is 0. The first-order valence-electron chi connectivity index (χ1n) is 9.33. The van der Waals surface area contributed by atoms with Crippen LogP contribution in [0.4, 0.5) is 5.82 Å². The summed E-state index contributed by atoms with van der Waals surface area (Å²) in [6.07, 6.45) is 3.09. The first kappa shape index (κ1) is 19.5. The molecule has 9 nitrogen and oxygen atoms in total. The van der Waals surface area contributed by atoms with Gasteiger partial charge in [0, 0.05) is 49.7 Å². The predicted molar refractivity (Wildman–Crippen MR) is 108 cm³/mol. The largest absolute Gasteiger partial charge is 0.364 e. The lowest BCUT2D eigenvalue weighted by Gasteiger charge is -2.35. The van der Waals surface area contributed by atoms with Crippen molar-refractivity contribution in [1.82, 2.24) is 24.4 Å². The molecule has 1 fully saturated rings. The highest BCUT2D eigenvalue weighted by Crippen LogP contribution is 2.25. The van der Waals surface area contributed by atoms with Gasteiger partial charge >= 0.3 is 0 Å². The summed E-state index contributed by atoms with van der Waals surface area (Å²) in [6, 6.07) is 7.20. The lowest BCUT2D eigenvalue weighted by atomic mass is 10.2. The summed E-state index contributed by atoms with van der Waals surface area (Å²) in [6.45, 7) is 5.82. The van der Waals surface area contributed by atoms with Crippen LogP contribution in [0.5, 0.6) is 0 Å². The quantitative estimate of drug-likeness (QED) is 0.622. The zero-order chi connectivity index (χ0) is 20.4. The fourth-order valence-electron chi connectivity index (χ4n) is 3.30. The highest BCUT2D eigenvalue weighted by molar-refractivity contribution is 7.88. The number of pyridine rings is 1. The van der Waals surface area contributed by atoms with Crippen LogP contribution in [0.15, 0.2) is 41.2 Å². The van der Waals surface area contributed by atoms with E-state index in [0.29, 0.717) is 43.4 Å². The molecule has 0 spiro atoms. The molecule has 29 heavy (non-hydrogen) atoms. The summed E-state index contributed by atoms with van der Waals surface area (Å²) in [5, 5.41) is 3.70. The van der Waals surface area contributed by atoms with E-state index >= 15 is 0 Å². The van der Waals surface area contributed by atoms with E-state index in [1.165, 1.54) is 10.6 Å². The third-order valence-corrected chi connectivity index (χ3v) is 6.82. The maximum atomic E-state index is 12.6. The van der Waals surface area contributed by atoms with Crippen molar-refractivity contribution in [3.05, 3.63) is 53.7 Å². The van der Waals surface area contributed by atoms with Crippen molar-refractivity contribution >= 4 is 15.8 Å². The van der Waals surface area contributed by atoms with Crippen LogP contribution in [0.3, 0.4) is 0 Å². The van der Waals surface area contributed by atoms with Crippen molar-refractivity contribution in [3.63, 3.8) is 0 Å². The minimum atomic E-state index is -3.44. The summed E-state index contributed by atoms with van der Waals surface area (Å²) in [5.41, 5.74) is 3.00. The van der Waals surface area contributed by atoms with E-state index < -0.39 is 10.0 Å². The van der Waals surface area contributed by atoms with Crippen LogP contribution >= 0.6 is 0 Å².